The Labute approximate surface area is 140 Å². The van der Waals surface area contributed by atoms with E-state index in [1.165, 1.54) is 11.3 Å². The van der Waals surface area contributed by atoms with Gasteiger partial charge >= 0.3 is 0 Å². The van der Waals surface area contributed by atoms with Gasteiger partial charge in [0.25, 0.3) is 5.91 Å². The molecule has 2 aromatic rings. The summed E-state index contributed by atoms with van der Waals surface area (Å²) in [5.74, 6) is 0.0576. The molecule has 2 aromatic heterocycles. The van der Waals surface area contributed by atoms with E-state index in [0.29, 0.717) is 18.0 Å². The molecule has 1 atom stereocenters. The fraction of sp³-hybridized carbons (Fsp3) is 0.471. The Hall–Kier alpha value is -1.79. The predicted molar refractivity (Wildman–Crippen MR) is 92.4 cm³/mol. The number of rotatable bonds is 2. The van der Waals surface area contributed by atoms with E-state index in [2.05, 4.69) is 23.8 Å². The predicted octanol–water partition coefficient (Wildman–Crippen LogP) is 2.71. The smallest absolute Gasteiger partial charge is 0.265 e. The number of thiazole rings is 1. The summed E-state index contributed by atoms with van der Waals surface area (Å²) in [6, 6.07) is 5.85. The maximum Gasteiger partial charge on any atom is 0.265 e. The molecule has 0 aromatic carbocycles. The Morgan fingerprint density at radius 3 is 2.87 bits per heavy atom. The van der Waals surface area contributed by atoms with Crippen LogP contribution in [0.5, 0.6) is 0 Å². The SMILES string of the molecule is Cc1nc(-c2ccccn2)sc1C(=O)N1CCC(N)C(C)(C)C1. The molecule has 1 aliphatic rings. The normalized spacial score (nSPS) is 20.5. The third-order valence-corrected chi connectivity index (χ3v) is 5.64. The van der Waals surface area contributed by atoms with Crippen molar-refractivity contribution >= 4 is 17.2 Å². The summed E-state index contributed by atoms with van der Waals surface area (Å²) < 4.78 is 0. The average Bonchev–Trinajstić information content (AvgIpc) is 2.92. The second kappa shape index (κ2) is 6.02. The number of aryl methyl sites for hydroxylation is 1. The average molecular weight is 330 g/mol. The molecule has 3 rings (SSSR count). The van der Waals surface area contributed by atoms with Gasteiger partial charge in [-0.15, -0.1) is 11.3 Å². The number of likely N-dealkylation sites (tertiary alicyclic amines) is 1. The van der Waals surface area contributed by atoms with E-state index in [1.807, 2.05) is 30.0 Å². The van der Waals surface area contributed by atoms with Crippen LogP contribution in [0.25, 0.3) is 10.7 Å². The number of nitrogens with zero attached hydrogens (tertiary/aromatic N) is 3. The van der Waals surface area contributed by atoms with Gasteiger partial charge in [0.2, 0.25) is 0 Å². The third-order valence-electron chi connectivity index (χ3n) is 4.47. The molecule has 1 saturated heterocycles. The fourth-order valence-corrected chi connectivity index (χ4v) is 3.90. The standard InChI is InChI=1S/C17H22N4OS/c1-11-14(23-15(20-11)12-6-4-5-8-19-12)16(22)21-9-7-13(18)17(2,3)10-21/h4-6,8,13H,7,9-10,18H2,1-3H3. The molecule has 0 bridgehead atoms. The van der Waals surface area contributed by atoms with Crippen molar-refractivity contribution in [3.05, 3.63) is 35.0 Å². The van der Waals surface area contributed by atoms with E-state index in [1.54, 1.807) is 6.20 Å². The first kappa shape index (κ1) is 16.1. The Morgan fingerprint density at radius 1 is 1.43 bits per heavy atom. The van der Waals surface area contributed by atoms with Gasteiger partial charge in [0.05, 0.1) is 11.4 Å². The Kier molecular flexibility index (Phi) is 4.21. The summed E-state index contributed by atoms with van der Waals surface area (Å²) in [7, 11) is 0. The largest absolute Gasteiger partial charge is 0.337 e. The van der Waals surface area contributed by atoms with E-state index in [9.17, 15) is 4.79 Å². The van der Waals surface area contributed by atoms with Gasteiger partial charge in [-0.1, -0.05) is 19.9 Å². The minimum atomic E-state index is -0.0592. The minimum absolute atomic E-state index is 0.0576. The highest BCUT2D eigenvalue weighted by atomic mass is 32.1. The zero-order valence-electron chi connectivity index (χ0n) is 13.7. The monoisotopic (exact) mass is 330 g/mol. The van der Waals surface area contributed by atoms with Gasteiger partial charge < -0.3 is 10.6 Å². The van der Waals surface area contributed by atoms with Gasteiger partial charge in [0, 0.05) is 25.3 Å². The molecule has 5 nitrogen and oxygen atoms in total. The van der Waals surface area contributed by atoms with Crippen LogP contribution >= 0.6 is 11.3 Å². The summed E-state index contributed by atoms with van der Waals surface area (Å²) in [6.07, 6.45) is 2.58. The molecular weight excluding hydrogens is 308 g/mol. The van der Waals surface area contributed by atoms with Crippen molar-refractivity contribution in [2.45, 2.75) is 33.2 Å². The Morgan fingerprint density at radius 2 is 2.22 bits per heavy atom. The van der Waals surface area contributed by atoms with Gasteiger partial charge in [-0.3, -0.25) is 9.78 Å². The maximum atomic E-state index is 12.9. The van der Waals surface area contributed by atoms with E-state index in [0.717, 1.165) is 22.8 Å². The van der Waals surface area contributed by atoms with E-state index in [4.69, 9.17) is 5.73 Å². The van der Waals surface area contributed by atoms with E-state index >= 15 is 0 Å². The lowest BCUT2D eigenvalue weighted by atomic mass is 9.79. The maximum absolute atomic E-state index is 12.9. The van der Waals surface area contributed by atoms with Crippen LogP contribution in [-0.4, -0.2) is 39.9 Å². The number of carbonyl (C=O) groups excluding carboxylic acids is 1. The molecule has 1 aliphatic heterocycles. The third kappa shape index (κ3) is 3.14. The second-order valence-corrected chi connectivity index (χ2v) is 7.76. The number of amides is 1. The molecule has 1 unspecified atom stereocenters. The number of hydrogen-bond donors (Lipinski definition) is 1. The number of hydrogen-bond acceptors (Lipinski definition) is 5. The summed E-state index contributed by atoms with van der Waals surface area (Å²) in [4.78, 5) is 24.4. The zero-order valence-corrected chi connectivity index (χ0v) is 14.6. The van der Waals surface area contributed by atoms with Crippen LogP contribution in [0, 0.1) is 12.3 Å². The Balaban J connectivity index is 1.85. The van der Waals surface area contributed by atoms with Crippen molar-refractivity contribution in [2.24, 2.45) is 11.1 Å². The first-order valence-corrected chi connectivity index (χ1v) is 8.64. The molecule has 122 valence electrons. The zero-order chi connectivity index (χ0) is 16.6. The van der Waals surface area contributed by atoms with Gasteiger partial charge in [-0.2, -0.15) is 0 Å². The van der Waals surface area contributed by atoms with Crippen molar-refractivity contribution in [3.8, 4) is 10.7 Å². The molecule has 1 fully saturated rings. The first-order chi connectivity index (χ1) is 10.9. The molecule has 0 saturated carbocycles. The highest BCUT2D eigenvalue weighted by molar-refractivity contribution is 7.17. The van der Waals surface area contributed by atoms with Crippen LogP contribution in [0.2, 0.25) is 0 Å². The second-order valence-electron chi connectivity index (χ2n) is 6.76. The van der Waals surface area contributed by atoms with Crippen LogP contribution in [0.1, 0.15) is 35.6 Å². The quantitative estimate of drug-likeness (QED) is 0.919. The van der Waals surface area contributed by atoms with E-state index < -0.39 is 0 Å². The van der Waals surface area contributed by atoms with Crippen molar-refractivity contribution < 1.29 is 4.79 Å². The molecule has 2 N–H and O–H groups in total. The van der Waals surface area contributed by atoms with Gasteiger partial charge in [-0.25, -0.2) is 4.98 Å². The minimum Gasteiger partial charge on any atom is -0.337 e. The summed E-state index contributed by atoms with van der Waals surface area (Å²) >= 11 is 1.42. The van der Waals surface area contributed by atoms with Gasteiger partial charge in [0.15, 0.2) is 0 Å². The molecule has 0 aliphatic carbocycles. The van der Waals surface area contributed by atoms with Crippen molar-refractivity contribution in [2.75, 3.05) is 13.1 Å². The van der Waals surface area contributed by atoms with Crippen LogP contribution in [-0.2, 0) is 0 Å². The number of pyridine rings is 1. The van der Waals surface area contributed by atoms with Crippen LogP contribution < -0.4 is 5.73 Å². The highest BCUT2D eigenvalue weighted by Crippen LogP contribution is 2.32. The Bertz CT molecular complexity index is 711. The summed E-state index contributed by atoms with van der Waals surface area (Å²) in [6.45, 7) is 7.52. The molecular formula is C17H22N4OS. The lowest BCUT2D eigenvalue weighted by Crippen LogP contribution is -2.53. The van der Waals surface area contributed by atoms with E-state index in [-0.39, 0.29) is 17.4 Å². The summed E-state index contributed by atoms with van der Waals surface area (Å²) in [5.41, 5.74) is 7.69. The van der Waals surface area contributed by atoms with Crippen molar-refractivity contribution in [1.29, 1.82) is 0 Å². The first-order valence-electron chi connectivity index (χ1n) is 7.82. The molecule has 6 heteroatoms. The highest BCUT2D eigenvalue weighted by Gasteiger charge is 2.36. The number of piperidine rings is 1. The van der Waals surface area contributed by atoms with Gasteiger partial charge in [-0.05, 0) is 30.9 Å². The number of aromatic nitrogens is 2. The lowest BCUT2D eigenvalue weighted by molar-refractivity contribution is 0.0536. The van der Waals surface area contributed by atoms with Crippen molar-refractivity contribution in [1.82, 2.24) is 14.9 Å². The van der Waals surface area contributed by atoms with Crippen LogP contribution in [0.4, 0.5) is 0 Å². The van der Waals surface area contributed by atoms with Gasteiger partial charge in [0.1, 0.15) is 9.88 Å². The van der Waals surface area contributed by atoms with Crippen LogP contribution in [0.15, 0.2) is 24.4 Å². The molecule has 0 spiro atoms. The molecule has 3 heterocycles. The molecule has 0 radical (unpaired) electrons. The fourth-order valence-electron chi connectivity index (χ4n) is 2.88. The topological polar surface area (TPSA) is 72.1 Å². The lowest BCUT2D eigenvalue weighted by Gasteiger charge is -2.42. The van der Waals surface area contributed by atoms with Crippen molar-refractivity contribution in [3.63, 3.8) is 0 Å². The molecule has 1 amide bonds. The molecule has 23 heavy (non-hydrogen) atoms. The number of nitrogens with two attached hydrogens (primary N) is 1. The summed E-state index contributed by atoms with van der Waals surface area (Å²) in [5, 5.41) is 0.791. The van der Waals surface area contributed by atoms with Crippen LogP contribution in [0.3, 0.4) is 0 Å². The number of carbonyl (C=O) groups is 1.